The number of likely N-dealkylation sites (tertiary alicyclic amines) is 1. The number of carbonyl (C=O) groups is 1. The molecule has 7 heteroatoms. The fraction of sp³-hybridized carbons (Fsp3) is 0.500. The molecule has 1 aliphatic heterocycles. The summed E-state index contributed by atoms with van der Waals surface area (Å²) in [5.41, 5.74) is -0.447. The van der Waals surface area contributed by atoms with Crippen molar-refractivity contribution >= 4 is 5.91 Å². The minimum atomic E-state index is -4.94. The minimum Gasteiger partial charge on any atom is -0.356 e. The molecule has 0 N–H and O–H groups in total. The highest BCUT2D eigenvalue weighted by Gasteiger charge is 2.64. The Morgan fingerprint density at radius 3 is 2.24 bits per heavy atom. The van der Waals surface area contributed by atoms with E-state index in [-0.39, 0.29) is 5.56 Å². The van der Waals surface area contributed by atoms with E-state index in [9.17, 15) is 18.0 Å². The number of hydrogen-bond acceptors (Lipinski definition) is 3. The summed E-state index contributed by atoms with van der Waals surface area (Å²) in [5.74, 6) is -1.12. The van der Waals surface area contributed by atoms with Crippen molar-refractivity contribution in [1.82, 2.24) is 9.80 Å². The van der Waals surface area contributed by atoms with Crippen LogP contribution in [-0.4, -0.2) is 55.7 Å². The van der Waals surface area contributed by atoms with Gasteiger partial charge in [-0.15, -0.1) is 0 Å². The number of piperidine rings is 1. The second-order valence-corrected chi connectivity index (χ2v) is 8.90. The van der Waals surface area contributed by atoms with E-state index >= 15 is 0 Å². The molecule has 2 aromatic rings. The molecule has 1 heterocycles. The van der Waals surface area contributed by atoms with Crippen LogP contribution in [0.5, 0.6) is 0 Å². The second kappa shape index (κ2) is 10.3. The molecule has 3 rings (SSSR count). The molecule has 1 unspecified atom stereocenters. The molecule has 0 saturated carbocycles. The summed E-state index contributed by atoms with van der Waals surface area (Å²) in [5, 5.41) is 0. The lowest BCUT2D eigenvalue weighted by atomic mass is 9.89. The highest BCUT2D eigenvalue weighted by molar-refractivity contribution is 5.88. The van der Waals surface area contributed by atoms with Gasteiger partial charge in [-0.2, -0.15) is 13.2 Å². The largest absolute Gasteiger partial charge is 0.430 e. The van der Waals surface area contributed by atoms with E-state index in [1.54, 1.807) is 6.07 Å². The first-order chi connectivity index (χ1) is 15.6. The van der Waals surface area contributed by atoms with Gasteiger partial charge in [0.05, 0.1) is 6.04 Å². The summed E-state index contributed by atoms with van der Waals surface area (Å²) in [4.78, 5) is 17.2. The Labute approximate surface area is 194 Å². The molecule has 180 valence electrons. The number of amides is 1. The number of rotatable bonds is 7. The van der Waals surface area contributed by atoms with E-state index in [1.807, 2.05) is 32.0 Å². The summed E-state index contributed by atoms with van der Waals surface area (Å²) in [7, 11) is 2.40. The van der Waals surface area contributed by atoms with Crippen molar-refractivity contribution in [2.75, 3.05) is 33.8 Å². The lowest BCUT2D eigenvalue weighted by molar-refractivity contribution is -0.270. The SMILES string of the molecule is COC(C(=O)N(C)[C@@H](CN1CCCCC1)c1ccc(C)cc1C)(c1ccccc1)C(F)(F)F. The van der Waals surface area contributed by atoms with E-state index in [0.29, 0.717) is 6.54 Å². The van der Waals surface area contributed by atoms with Crippen molar-refractivity contribution in [1.29, 1.82) is 0 Å². The van der Waals surface area contributed by atoms with Gasteiger partial charge in [-0.25, -0.2) is 0 Å². The Morgan fingerprint density at radius 1 is 1.06 bits per heavy atom. The molecular formula is C26H33F3N2O2. The smallest absolute Gasteiger partial charge is 0.356 e. The predicted molar refractivity (Wildman–Crippen MR) is 123 cm³/mol. The molecule has 0 aromatic heterocycles. The van der Waals surface area contributed by atoms with Crippen LogP contribution in [0.4, 0.5) is 13.2 Å². The maximum Gasteiger partial charge on any atom is 0.430 e. The van der Waals surface area contributed by atoms with E-state index in [1.165, 1.54) is 36.2 Å². The Bertz CT molecular complexity index is 942. The first kappa shape index (κ1) is 25.2. The van der Waals surface area contributed by atoms with Crippen LogP contribution in [0.1, 0.15) is 47.6 Å². The van der Waals surface area contributed by atoms with Crippen molar-refractivity contribution in [3.63, 3.8) is 0 Å². The van der Waals surface area contributed by atoms with Crippen LogP contribution in [0, 0.1) is 13.8 Å². The van der Waals surface area contributed by atoms with Crippen LogP contribution in [0.2, 0.25) is 0 Å². The molecule has 4 nitrogen and oxygen atoms in total. The molecule has 0 spiro atoms. The van der Waals surface area contributed by atoms with Gasteiger partial charge in [0.1, 0.15) is 0 Å². The minimum absolute atomic E-state index is 0.228. The number of alkyl halides is 3. The first-order valence-electron chi connectivity index (χ1n) is 11.4. The van der Waals surface area contributed by atoms with Crippen molar-refractivity contribution in [3.05, 3.63) is 70.8 Å². The van der Waals surface area contributed by atoms with Crippen molar-refractivity contribution in [2.24, 2.45) is 0 Å². The van der Waals surface area contributed by atoms with Gasteiger partial charge in [0, 0.05) is 26.3 Å². The third-order valence-corrected chi connectivity index (χ3v) is 6.64. The number of methoxy groups -OCH3 is 1. The summed E-state index contributed by atoms with van der Waals surface area (Å²) in [6.07, 6.45) is -1.70. The van der Waals surface area contributed by atoms with Crippen molar-refractivity contribution in [2.45, 2.75) is 50.9 Å². The maximum absolute atomic E-state index is 14.5. The highest BCUT2D eigenvalue weighted by atomic mass is 19.4. The summed E-state index contributed by atoms with van der Waals surface area (Å²) in [6.45, 7) is 6.13. The summed E-state index contributed by atoms with van der Waals surface area (Å²) < 4.78 is 48.7. The Balaban J connectivity index is 2.07. The van der Waals surface area contributed by atoms with Crippen LogP contribution in [-0.2, 0) is 15.1 Å². The second-order valence-electron chi connectivity index (χ2n) is 8.90. The third-order valence-electron chi connectivity index (χ3n) is 6.64. The van der Waals surface area contributed by atoms with E-state index in [2.05, 4.69) is 4.90 Å². The molecular weight excluding hydrogens is 429 g/mol. The third kappa shape index (κ3) is 5.09. The number of ether oxygens (including phenoxy) is 1. The van der Waals surface area contributed by atoms with Crippen LogP contribution < -0.4 is 0 Å². The van der Waals surface area contributed by atoms with E-state index in [0.717, 1.165) is 56.2 Å². The Kier molecular flexibility index (Phi) is 7.85. The fourth-order valence-corrected chi connectivity index (χ4v) is 4.81. The van der Waals surface area contributed by atoms with Gasteiger partial charge in [0.15, 0.2) is 0 Å². The number of hydrogen-bond donors (Lipinski definition) is 0. The lowest BCUT2D eigenvalue weighted by Crippen LogP contribution is -2.57. The Hall–Kier alpha value is -2.38. The average Bonchev–Trinajstić information content (AvgIpc) is 2.78. The van der Waals surface area contributed by atoms with Crippen LogP contribution >= 0.6 is 0 Å². The molecule has 0 aliphatic carbocycles. The van der Waals surface area contributed by atoms with Crippen molar-refractivity contribution < 1.29 is 22.7 Å². The maximum atomic E-state index is 14.5. The van der Waals surface area contributed by atoms with Gasteiger partial charge in [0.2, 0.25) is 0 Å². The van der Waals surface area contributed by atoms with Gasteiger partial charge in [0.25, 0.3) is 11.5 Å². The number of likely N-dealkylation sites (N-methyl/N-ethyl adjacent to an activating group) is 1. The number of aryl methyl sites for hydroxylation is 2. The topological polar surface area (TPSA) is 32.8 Å². The van der Waals surface area contributed by atoms with E-state index in [4.69, 9.17) is 4.74 Å². The number of nitrogens with zero attached hydrogens (tertiary/aromatic N) is 2. The van der Waals surface area contributed by atoms with Crippen LogP contribution in [0.15, 0.2) is 48.5 Å². The summed E-state index contributed by atoms with van der Waals surface area (Å²) in [6, 6.07) is 12.5. The van der Waals surface area contributed by atoms with Crippen LogP contribution in [0.25, 0.3) is 0 Å². The molecule has 0 bridgehead atoms. The van der Waals surface area contributed by atoms with Gasteiger partial charge < -0.3 is 14.5 Å². The highest BCUT2D eigenvalue weighted by Crippen LogP contribution is 2.44. The first-order valence-corrected chi connectivity index (χ1v) is 11.4. The van der Waals surface area contributed by atoms with Crippen molar-refractivity contribution in [3.8, 4) is 0 Å². The average molecular weight is 463 g/mol. The molecule has 2 atom stereocenters. The van der Waals surface area contributed by atoms with E-state index < -0.39 is 23.7 Å². The normalized spacial score (nSPS) is 17.9. The zero-order valence-corrected chi connectivity index (χ0v) is 19.8. The van der Waals surface area contributed by atoms with Gasteiger partial charge >= 0.3 is 6.18 Å². The number of benzene rings is 2. The van der Waals surface area contributed by atoms with Crippen LogP contribution in [0.3, 0.4) is 0 Å². The lowest BCUT2D eigenvalue weighted by Gasteiger charge is -2.41. The molecule has 33 heavy (non-hydrogen) atoms. The monoisotopic (exact) mass is 462 g/mol. The number of carbonyl (C=O) groups excluding carboxylic acids is 1. The Morgan fingerprint density at radius 2 is 1.70 bits per heavy atom. The molecule has 0 radical (unpaired) electrons. The molecule has 1 amide bonds. The zero-order chi connectivity index (χ0) is 24.2. The van der Waals surface area contributed by atoms with Gasteiger partial charge in [-0.05, 0) is 50.9 Å². The molecule has 1 saturated heterocycles. The summed E-state index contributed by atoms with van der Waals surface area (Å²) >= 11 is 0. The van der Waals surface area contributed by atoms with Gasteiger partial charge in [-0.1, -0.05) is 60.5 Å². The standard InChI is InChI=1S/C26H33F3N2O2/c1-19-13-14-22(20(2)17-19)23(18-31-15-9-6-10-16-31)30(3)24(32)25(33-4,26(27,28)29)21-11-7-5-8-12-21/h5,7-8,11-14,17,23H,6,9-10,15-16,18H2,1-4H3/t23-,25?/m0/s1. The van der Waals surface area contributed by atoms with Gasteiger partial charge in [-0.3, -0.25) is 4.79 Å². The number of halogens is 3. The molecule has 2 aromatic carbocycles. The molecule has 1 fully saturated rings. The molecule has 1 aliphatic rings. The fourth-order valence-electron chi connectivity index (χ4n) is 4.81. The quantitative estimate of drug-likeness (QED) is 0.553. The predicted octanol–water partition coefficient (Wildman–Crippen LogP) is 5.39. The zero-order valence-electron chi connectivity index (χ0n) is 19.8.